The number of carbonyl (C=O) groups excluding carboxylic acids is 1. The highest BCUT2D eigenvalue weighted by Crippen LogP contribution is 2.49. The third-order valence-electron chi connectivity index (χ3n) is 2.24. The second-order valence-corrected chi connectivity index (χ2v) is 2.85. The van der Waals surface area contributed by atoms with Gasteiger partial charge in [-0.15, -0.1) is 0 Å². The number of fused-ring (bicyclic) bond motifs is 1. The SMILES string of the molecule is NC(=O)C1C2C=CC=CC21. The Morgan fingerprint density at radius 1 is 1.20 bits per heavy atom. The highest BCUT2D eigenvalue weighted by molar-refractivity contribution is 5.81. The van der Waals surface area contributed by atoms with Gasteiger partial charge in [0.2, 0.25) is 5.91 Å². The Kier molecular flexibility index (Phi) is 0.982. The molecule has 0 heterocycles. The van der Waals surface area contributed by atoms with Crippen molar-refractivity contribution < 1.29 is 4.79 Å². The van der Waals surface area contributed by atoms with Crippen molar-refractivity contribution >= 4 is 5.91 Å². The van der Waals surface area contributed by atoms with Crippen LogP contribution < -0.4 is 5.73 Å². The van der Waals surface area contributed by atoms with E-state index >= 15 is 0 Å². The number of hydrogen-bond acceptors (Lipinski definition) is 1. The van der Waals surface area contributed by atoms with Crippen LogP contribution in [0.3, 0.4) is 0 Å². The molecule has 0 aromatic rings. The van der Waals surface area contributed by atoms with Crippen molar-refractivity contribution in [3.8, 4) is 0 Å². The van der Waals surface area contributed by atoms with Crippen LogP contribution in [0.15, 0.2) is 24.3 Å². The van der Waals surface area contributed by atoms with Crippen LogP contribution in [0, 0.1) is 17.8 Å². The molecule has 0 aliphatic heterocycles. The monoisotopic (exact) mass is 135 g/mol. The molecule has 52 valence electrons. The van der Waals surface area contributed by atoms with E-state index in [2.05, 4.69) is 12.2 Å². The summed E-state index contributed by atoms with van der Waals surface area (Å²) in [4.78, 5) is 10.7. The van der Waals surface area contributed by atoms with E-state index in [0.29, 0.717) is 11.8 Å². The molecule has 2 atom stereocenters. The Balaban J connectivity index is 2.16. The van der Waals surface area contributed by atoms with Crippen LogP contribution in [0.4, 0.5) is 0 Å². The molecule has 2 aliphatic rings. The summed E-state index contributed by atoms with van der Waals surface area (Å²) >= 11 is 0. The second kappa shape index (κ2) is 1.72. The highest BCUT2D eigenvalue weighted by Gasteiger charge is 2.51. The number of allylic oxidation sites excluding steroid dienone is 4. The molecule has 0 bridgehead atoms. The van der Waals surface area contributed by atoms with Gasteiger partial charge in [-0.1, -0.05) is 24.3 Å². The molecule has 2 rings (SSSR count). The van der Waals surface area contributed by atoms with Crippen molar-refractivity contribution in [2.24, 2.45) is 23.5 Å². The fourth-order valence-electron chi connectivity index (χ4n) is 1.62. The molecule has 2 nitrogen and oxygen atoms in total. The van der Waals surface area contributed by atoms with Crippen LogP contribution in [0.25, 0.3) is 0 Å². The molecule has 2 N–H and O–H groups in total. The molecule has 0 aromatic carbocycles. The molecule has 0 saturated heterocycles. The number of amides is 1. The van der Waals surface area contributed by atoms with Crippen molar-refractivity contribution in [1.29, 1.82) is 0 Å². The molecule has 10 heavy (non-hydrogen) atoms. The topological polar surface area (TPSA) is 43.1 Å². The molecule has 1 saturated carbocycles. The van der Waals surface area contributed by atoms with Gasteiger partial charge in [-0.05, 0) is 11.8 Å². The zero-order valence-electron chi connectivity index (χ0n) is 5.53. The average Bonchev–Trinajstić information content (AvgIpc) is 2.60. The van der Waals surface area contributed by atoms with Gasteiger partial charge in [-0.2, -0.15) is 0 Å². The summed E-state index contributed by atoms with van der Waals surface area (Å²) < 4.78 is 0. The molecule has 2 aliphatic carbocycles. The molecule has 2 unspecified atom stereocenters. The minimum atomic E-state index is -0.161. The van der Waals surface area contributed by atoms with Crippen molar-refractivity contribution in [1.82, 2.24) is 0 Å². The van der Waals surface area contributed by atoms with Gasteiger partial charge in [-0.25, -0.2) is 0 Å². The predicted octanol–water partition coefficient (Wildman–Crippen LogP) is 0.460. The van der Waals surface area contributed by atoms with Crippen molar-refractivity contribution in [3.05, 3.63) is 24.3 Å². The first-order chi connectivity index (χ1) is 4.80. The van der Waals surface area contributed by atoms with Gasteiger partial charge in [0.05, 0.1) is 5.92 Å². The summed E-state index contributed by atoms with van der Waals surface area (Å²) in [5.74, 6) is 0.770. The minimum Gasteiger partial charge on any atom is -0.369 e. The van der Waals surface area contributed by atoms with Gasteiger partial charge >= 0.3 is 0 Å². The lowest BCUT2D eigenvalue weighted by Crippen LogP contribution is -2.14. The van der Waals surface area contributed by atoms with E-state index in [-0.39, 0.29) is 11.8 Å². The van der Waals surface area contributed by atoms with Crippen molar-refractivity contribution in [2.75, 3.05) is 0 Å². The van der Waals surface area contributed by atoms with Crippen LogP contribution in [-0.2, 0) is 4.79 Å². The molecule has 1 fully saturated rings. The molecule has 1 amide bonds. The Hall–Kier alpha value is -1.05. The highest BCUT2D eigenvalue weighted by atomic mass is 16.1. The van der Waals surface area contributed by atoms with Gasteiger partial charge in [0.25, 0.3) is 0 Å². The average molecular weight is 135 g/mol. The first kappa shape index (κ1) is 5.71. The summed E-state index contributed by atoms with van der Waals surface area (Å²) in [6.07, 6.45) is 8.06. The van der Waals surface area contributed by atoms with Crippen LogP contribution in [0.1, 0.15) is 0 Å². The zero-order valence-corrected chi connectivity index (χ0v) is 5.53. The second-order valence-electron chi connectivity index (χ2n) is 2.85. The van der Waals surface area contributed by atoms with Gasteiger partial charge in [0, 0.05) is 0 Å². The van der Waals surface area contributed by atoms with Crippen LogP contribution in [0.2, 0.25) is 0 Å². The van der Waals surface area contributed by atoms with E-state index in [4.69, 9.17) is 5.73 Å². The van der Waals surface area contributed by atoms with Gasteiger partial charge < -0.3 is 5.73 Å². The summed E-state index contributed by atoms with van der Waals surface area (Å²) in [5, 5.41) is 0. The minimum absolute atomic E-state index is 0.0926. The largest absolute Gasteiger partial charge is 0.369 e. The standard InChI is InChI=1S/C8H9NO/c9-8(10)7-5-3-1-2-4-6(5)7/h1-7H,(H2,9,10). The van der Waals surface area contributed by atoms with E-state index < -0.39 is 0 Å². The number of primary amides is 1. The summed E-state index contributed by atoms with van der Waals surface area (Å²) in [6, 6.07) is 0. The quantitative estimate of drug-likeness (QED) is 0.557. The Labute approximate surface area is 59.4 Å². The maximum absolute atomic E-state index is 10.7. The van der Waals surface area contributed by atoms with Crippen LogP contribution in [-0.4, -0.2) is 5.91 Å². The number of hydrogen-bond donors (Lipinski definition) is 1. The Bertz CT molecular complexity index is 211. The van der Waals surface area contributed by atoms with E-state index in [1.54, 1.807) is 0 Å². The number of carbonyl (C=O) groups is 1. The van der Waals surface area contributed by atoms with Gasteiger partial charge in [0.1, 0.15) is 0 Å². The van der Waals surface area contributed by atoms with E-state index in [1.165, 1.54) is 0 Å². The fraction of sp³-hybridized carbons (Fsp3) is 0.375. The molecular formula is C8H9NO. The maximum Gasteiger partial charge on any atom is 0.221 e. The van der Waals surface area contributed by atoms with E-state index in [1.807, 2.05) is 12.2 Å². The molecule has 0 spiro atoms. The summed E-state index contributed by atoms with van der Waals surface area (Å²) in [7, 11) is 0. The lowest BCUT2D eigenvalue weighted by molar-refractivity contribution is -0.119. The summed E-state index contributed by atoms with van der Waals surface area (Å²) in [6.45, 7) is 0. The Morgan fingerprint density at radius 3 is 2.10 bits per heavy atom. The normalized spacial score (nSPS) is 41.0. The lowest BCUT2D eigenvalue weighted by Gasteiger charge is -1.86. The molecule has 2 heteroatoms. The molecule has 0 aromatic heterocycles. The fourth-order valence-corrected chi connectivity index (χ4v) is 1.62. The van der Waals surface area contributed by atoms with Crippen LogP contribution in [0.5, 0.6) is 0 Å². The van der Waals surface area contributed by atoms with E-state index in [0.717, 1.165) is 0 Å². The first-order valence-corrected chi connectivity index (χ1v) is 3.45. The number of rotatable bonds is 1. The lowest BCUT2D eigenvalue weighted by atomic mass is 10.2. The summed E-state index contributed by atoms with van der Waals surface area (Å²) in [5.41, 5.74) is 5.15. The molecule has 0 radical (unpaired) electrons. The van der Waals surface area contributed by atoms with Gasteiger partial charge in [0.15, 0.2) is 0 Å². The smallest absolute Gasteiger partial charge is 0.221 e. The third kappa shape index (κ3) is 0.618. The predicted molar refractivity (Wildman–Crippen MR) is 37.9 cm³/mol. The Morgan fingerprint density at radius 2 is 1.70 bits per heavy atom. The van der Waals surface area contributed by atoms with Crippen molar-refractivity contribution in [2.45, 2.75) is 0 Å². The number of nitrogens with two attached hydrogens (primary N) is 1. The maximum atomic E-state index is 10.7. The first-order valence-electron chi connectivity index (χ1n) is 3.45. The molecular weight excluding hydrogens is 126 g/mol. The van der Waals surface area contributed by atoms with Crippen LogP contribution >= 0.6 is 0 Å². The van der Waals surface area contributed by atoms with Crippen molar-refractivity contribution in [3.63, 3.8) is 0 Å². The zero-order chi connectivity index (χ0) is 7.14. The third-order valence-corrected chi connectivity index (χ3v) is 2.24. The van der Waals surface area contributed by atoms with Gasteiger partial charge in [-0.3, -0.25) is 4.79 Å². The van der Waals surface area contributed by atoms with E-state index in [9.17, 15) is 4.79 Å².